The summed E-state index contributed by atoms with van der Waals surface area (Å²) in [6.07, 6.45) is 5.02. The molecule has 1 heterocycles. The van der Waals surface area contributed by atoms with E-state index >= 15 is 0 Å². The molecule has 1 aliphatic rings. The summed E-state index contributed by atoms with van der Waals surface area (Å²) in [6, 6.07) is 2.17. The number of fused-ring (bicyclic) bond motifs is 1. The molecule has 1 aliphatic carbocycles. The van der Waals surface area contributed by atoms with E-state index in [1.54, 1.807) is 0 Å². The fraction of sp³-hybridized carbons (Fsp3) is 0.500. The summed E-state index contributed by atoms with van der Waals surface area (Å²) < 4.78 is 7.76. The van der Waals surface area contributed by atoms with Gasteiger partial charge in [0.05, 0.1) is 0 Å². The van der Waals surface area contributed by atoms with Gasteiger partial charge in [-0.1, -0.05) is 6.07 Å². The number of nitrogens with zero attached hydrogens (tertiary/aromatic N) is 1. The van der Waals surface area contributed by atoms with E-state index in [4.69, 9.17) is 1.37 Å². The Morgan fingerprint density at radius 2 is 2.45 bits per heavy atom. The topological polar surface area (TPSA) is 12.9 Å². The zero-order chi connectivity index (χ0) is 8.55. The summed E-state index contributed by atoms with van der Waals surface area (Å²) in [6.45, 7) is 2.06. The average Bonchev–Trinajstić information content (AvgIpc) is 2.04. The van der Waals surface area contributed by atoms with Crippen LogP contribution in [0.2, 0.25) is 0 Å². The second-order valence-corrected chi connectivity index (χ2v) is 3.15. The van der Waals surface area contributed by atoms with Crippen LogP contribution >= 0.6 is 0 Å². The fourth-order valence-corrected chi connectivity index (χ4v) is 1.56. The molecule has 0 spiro atoms. The van der Waals surface area contributed by atoms with Crippen molar-refractivity contribution in [2.45, 2.75) is 32.6 Å². The maximum absolute atomic E-state index is 7.76. The SMILES string of the molecule is [2H]C1CCCc2cc(C)cnc21. The Balaban J connectivity index is 2.46. The third-order valence-corrected chi connectivity index (χ3v) is 2.13. The number of aromatic nitrogens is 1. The molecule has 1 aromatic rings. The Labute approximate surface area is 68.9 Å². The highest BCUT2D eigenvalue weighted by Crippen LogP contribution is 2.19. The summed E-state index contributed by atoms with van der Waals surface area (Å²) in [5, 5.41) is 0. The summed E-state index contributed by atoms with van der Waals surface area (Å²) in [4.78, 5) is 4.31. The van der Waals surface area contributed by atoms with Gasteiger partial charge in [0, 0.05) is 13.3 Å². The van der Waals surface area contributed by atoms with Crippen LogP contribution in [0, 0.1) is 6.92 Å². The van der Waals surface area contributed by atoms with Gasteiger partial charge in [-0.05, 0) is 43.7 Å². The lowest BCUT2D eigenvalue weighted by Crippen LogP contribution is -2.04. The molecule has 0 radical (unpaired) electrons. The van der Waals surface area contributed by atoms with Gasteiger partial charge in [0.25, 0.3) is 0 Å². The molecule has 1 nitrogen and oxygen atoms in total. The Morgan fingerprint density at radius 3 is 3.36 bits per heavy atom. The van der Waals surface area contributed by atoms with Crippen molar-refractivity contribution < 1.29 is 1.37 Å². The smallest absolute Gasteiger partial charge is 0.0435 e. The van der Waals surface area contributed by atoms with Gasteiger partial charge in [-0.15, -0.1) is 0 Å². The highest BCUT2D eigenvalue weighted by Gasteiger charge is 2.08. The number of rotatable bonds is 0. The van der Waals surface area contributed by atoms with Crippen LogP contribution in [0.25, 0.3) is 0 Å². The van der Waals surface area contributed by atoms with Gasteiger partial charge in [-0.2, -0.15) is 0 Å². The number of hydrogen-bond acceptors (Lipinski definition) is 1. The first-order valence-corrected chi connectivity index (χ1v) is 4.15. The lowest BCUT2D eigenvalue weighted by Gasteiger charge is -2.14. The third kappa shape index (κ3) is 1.28. The summed E-state index contributed by atoms with van der Waals surface area (Å²) in [5.41, 5.74) is 3.51. The normalized spacial score (nSPS) is 24.1. The van der Waals surface area contributed by atoms with Crippen LogP contribution < -0.4 is 0 Å². The fourth-order valence-electron chi connectivity index (χ4n) is 1.56. The van der Waals surface area contributed by atoms with Crippen LogP contribution in [0.5, 0.6) is 0 Å². The van der Waals surface area contributed by atoms with Crippen LogP contribution in [0.1, 0.15) is 31.0 Å². The van der Waals surface area contributed by atoms with Crippen molar-refractivity contribution in [3.8, 4) is 0 Å². The van der Waals surface area contributed by atoms with Crippen LogP contribution in [0.3, 0.4) is 0 Å². The van der Waals surface area contributed by atoms with Crippen molar-refractivity contribution in [1.29, 1.82) is 0 Å². The molecule has 58 valence electrons. The molecule has 1 aromatic heterocycles. The zero-order valence-electron chi connectivity index (χ0n) is 7.80. The van der Waals surface area contributed by atoms with Crippen molar-refractivity contribution in [2.75, 3.05) is 0 Å². The predicted octanol–water partition coefficient (Wildman–Crippen LogP) is 2.27. The van der Waals surface area contributed by atoms with E-state index in [1.807, 2.05) is 6.20 Å². The minimum absolute atomic E-state index is 0.0747. The van der Waals surface area contributed by atoms with E-state index in [-0.39, 0.29) is 6.40 Å². The van der Waals surface area contributed by atoms with Crippen LogP contribution in [0.15, 0.2) is 12.3 Å². The zero-order valence-corrected chi connectivity index (χ0v) is 6.80. The quantitative estimate of drug-likeness (QED) is 0.550. The van der Waals surface area contributed by atoms with E-state index in [0.29, 0.717) is 0 Å². The molecule has 0 saturated heterocycles. The minimum atomic E-state index is -0.0747. The van der Waals surface area contributed by atoms with Gasteiger partial charge in [0.2, 0.25) is 0 Å². The Bertz CT molecular complexity index is 296. The predicted molar refractivity (Wildman–Crippen MR) is 45.6 cm³/mol. The molecule has 0 saturated carbocycles. The van der Waals surface area contributed by atoms with Crippen molar-refractivity contribution in [3.05, 3.63) is 29.1 Å². The number of aryl methyl sites for hydroxylation is 3. The van der Waals surface area contributed by atoms with E-state index in [9.17, 15) is 0 Å². The molecule has 0 amide bonds. The van der Waals surface area contributed by atoms with Gasteiger partial charge in [0.1, 0.15) is 0 Å². The largest absolute Gasteiger partial charge is 0.261 e. The van der Waals surface area contributed by atoms with Gasteiger partial charge < -0.3 is 0 Å². The van der Waals surface area contributed by atoms with Gasteiger partial charge in [-0.25, -0.2) is 0 Å². The van der Waals surface area contributed by atoms with E-state index in [2.05, 4.69) is 18.0 Å². The van der Waals surface area contributed by atoms with E-state index in [1.165, 1.54) is 11.1 Å². The lowest BCUT2D eigenvalue weighted by molar-refractivity contribution is 0.666. The summed E-state index contributed by atoms with van der Waals surface area (Å²) >= 11 is 0. The van der Waals surface area contributed by atoms with Crippen LogP contribution in [0.4, 0.5) is 0 Å². The highest BCUT2D eigenvalue weighted by atomic mass is 14.7. The first-order chi connectivity index (χ1) is 5.77. The van der Waals surface area contributed by atoms with Gasteiger partial charge in [0.15, 0.2) is 0 Å². The summed E-state index contributed by atoms with van der Waals surface area (Å²) in [7, 11) is 0. The molecule has 0 N–H and O–H groups in total. The number of hydrogen-bond donors (Lipinski definition) is 0. The first-order valence-electron chi connectivity index (χ1n) is 4.73. The molecule has 1 atom stereocenters. The second-order valence-electron chi connectivity index (χ2n) is 3.15. The minimum Gasteiger partial charge on any atom is -0.261 e. The van der Waals surface area contributed by atoms with E-state index in [0.717, 1.165) is 25.0 Å². The maximum Gasteiger partial charge on any atom is 0.0435 e. The Kier molecular flexibility index (Phi) is 1.39. The average molecular weight is 148 g/mol. The van der Waals surface area contributed by atoms with Crippen LogP contribution in [-0.4, -0.2) is 4.98 Å². The van der Waals surface area contributed by atoms with Crippen LogP contribution in [-0.2, 0) is 12.8 Å². The highest BCUT2D eigenvalue weighted by molar-refractivity contribution is 5.26. The molecule has 0 aromatic carbocycles. The molecule has 0 aliphatic heterocycles. The molecule has 2 rings (SSSR count). The number of pyridine rings is 1. The van der Waals surface area contributed by atoms with Crippen molar-refractivity contribution in [3.63, 3.8) is 0 Å². The third-order valence-electron chi connectivity index (χ3n) is 2.13. The van der Waals surface area contributed by atoms with E-state index < -0.39 is 0 Å². The molecular formula is C10H13N. The molecule has 1 heteroatoms. The molecule has 11 heavy (non-hydrogen) atoms. The van der Waals surface area contributed by atoms with Gasteiger partial charge in [-0.3, -0.25) is 4.98 Å². The second kappa shape index (κ2) is 2.65. The molecule has 0 fully saturated rings. The lowest BCUT2D eigenvalue weighted by atomic mass is 9.95. The molecule has 0 bridgehead atoms. The maximum atomic E-state index is 7.76. The monoisotopic (exact) mass is 148 g/mol. The van der Waals surface area contributed by atoms with Gasteiger partial charge >= 0.3 is 0 Å². The Morgan fingerprint density at radius 1 is 1.55 bits per heavy atom. The Hall–Kier alpha value is -0.850. The molecular weight excluding hydrogens is 134 g/mol. The summed E-state index contributed by atoms with van der Waals surface area (Å²) in [5.74, 6) is 0. The van der Waals surface area contributed by atoms with Crippen molar-refractivity contribution in [1.82, 2.24) is 4.98 Å². The van der Waals surface area contributed by atoms with Crippen molar-refractivity contribution in [2.24, 2.45) is 0 Å². The first kappa shape index (κ1) is 5.76. The molecule has 1 unspecified atom stereocenters. The van der Waals surface area contributed by atoms with Crippen molar-refractivity contribution >= 4 is 0 Å². The standard InChI is InChI=1S/C10H13N/c1-8-6-9-4-2-3-5-10(9)11-7-8/h6-7H,2-5H2,1H3/i5D.